The minimum Gasteiger partial charge on any atom is -0.269 e. The lowest BCUT2D eigenvalue weighted by atomic mass is 10.0. The maximum absolute atomic E-state index is 11.3. The summed E-state index contributed by atoms with van der Waals surface area (Å²) in [5, 5.41) is 4.39. The normalized spacial score (nSPS) is 11.9. The van der Waals surface area contributed by atoms with E-state index in [0.29, 0.717) is 0 Å². The Morgan fingerprint density at radius 3 is 2.07 bits per heavy atom. The van der Waals surface area contributed by atoms with E-state index >= 15 is 0 Å². The molecule has 0 unspecified atom stereocenters. The number of hydrogen-bond acceptors (Lipinski definition) is 4. The van der Waals surface area contributed by atoms with Crippen molar-refractivity contribution >= 4 is 5.97 Å². The molecule has 0 bridgehead atoms. The maximum Gasteiger partial charge on any atom is 0.348 e. The van der Waals surface area contributed by atoms with E-state index < -0.39 is 5.60 Å². The fraction of sp³-hybridized carbons (Fsp3) is 0.900. The zero-order chi connectivity index (χ0) is 11.2. The molecule has 0 aromatic rings. The smallest absolute Gasteiger partial charge is 0.269 e. The van der Waals surface area contributed by atoms with Gasteiger partial charge < -0.3 is 0 Å². The molecule has 0 aliphatic carbocycles. The Labute approximate surface area is 85.4 Å². The molecular formula is C10H20O4. The van der Waals surface area contributed by atoms with Crippen molar-refractivity contribution in [1.29, 1.82) is 0 Å². The maximum atomic E-state index is 11.3. The van der Waals surface area contributed by atoms with E-state index in [1.165, 1.54) is 0 Å². The summed E-state index contributed by atoms with van der Waals surface area (Å²) in [6.45, 7) is 9.27. The third kappa shape index (κ3) is 5.94. The molecular weight excluding hydrogens is 184 g/mol. The Morgan fingerprint density at radius 2 is 1.71 bits per heavy atom. The number of hydrogen-bond donors (Lipinski definition) is 0. The molecule has 0 spiro atoms. The predicted molar refractivity (Wildman–Crippen MR) is 52.1 cm³/mol. The lowest BCUT2D eigenvalue weighted by Gasteiger charge is -2.16. The molecule has 0 aliphatic heterocycles. The molecule has 0 N–H and O–H groups in total. The van der Waals surface area contributed by atoms with E-state index in [0.717, 1.165) is 12.8 Å². The largest absolute Gasteiger partial charge is 0.348 e. The van der Waals surface area contributed by atoms with E-state index in [-0.39, 0.29) is 11.9 Å². The first-order valence-electron chi connectivity index (χ1n) is 4.97. The second kappa shape index (κ2) is 5.98. The van der Waals surface area contributed by atoms with Crippen LogP contribution in [0.2, 0.25) is 0 Å². The first-order valence-corrected chi connectivity index (χ1v) is 4.97. The van der Waals surface area contributed by atoms with Gasteiger partial charge in [0.2, 0.25) is 0 Å². The molecule has 0 fully saturated rings. The molecule has 4 nitrogen and oxygen atoms in total. The zero-order valence-corrected chi connectivity index (χ0v) is 9.62. The number of rotatable bonds is 5. The average Bonchev–Trinajstić information content (AvgIpc) is 2.04. The van der Waals surface area contributed by atoms with Gasteiger partial charge in [0, 0.05) is 0 Å². The van der Waals surface area contributed by atoms with E-state index in [2.05, 4.69) is 9.93 Å². The molecule has 0 heterocycles. The molecule has 84 valence electrons. The van der Waals surface area contributed by atoms with E-state index in [4.69, 9.17) is 4.89 Å². The van der Waals surface area contributed by atoms with Crippen molar-refractivity contribution in [1.82, 2.24) is 0 Å². The lowest BCUT2D eigenvalue weighted by molar-refractivity contribution is -0.515. The van der Waals surface area contributed by atoms with Gasteiger partial charge in [-0.05, 0) is 38.7 Å². The molecule has 0 saturated carbocycles. The molecule has 0 atom stereocenters. The van der Waals surface area contributed by atoms with Crippen LogP contribution < -0.4 is 0 Å². The highest BCUT2D eigenvalue weighted by atomic mass is 17.5. The summed E-state index contributed by atoms with van der Waals surface area (Å²) < 4.78 is 0. The Hall–Kier alpha value is -0.610. The molecule has 0 radical (unpaired) electrons. The van der Waals surface area contributed by atoms with Gasteiger partial charge in [-0.1, -0.05) is 13.8 Å². The topological polar surface area (TPSA) is 44.8 Å². The molecule has 0 saturated heterocycles. The van der Waals surface area contributed by atoms with Crippen LogP contribution in [0.1, 0.15) is 47.5 Å². The highest BCUT2D eigenvalue weighted by molar-refractivity contribution is 5.71. The van der Waals surface area contributed by atoms with Crippen LogP contribution in [0.4, 0.5) is 0 Å². The third-order valence-electron chi connectivity index (χ3n) is 1.72. The third-order valence-corrected chi connectivity index (χ3v) is 1.72. The van der Waals surface area contributed by atoms with Gasteiger partial charge in [-0.15, -0.1) is 0 Å². The Bertz CT molecular complexity index is 167. The van der Waals surface area contributed by atoms with Crippen LogP contribution in [0.3, 0.4) is 0 Å². The predicted octanol–water partition coefficient (Wildman–Crippen LogP) is 2.63. The monoisotopic (exact) mass is 204 g/mol. The van der Waals surface area contributed by atoms with Crippen LogP contribution in [0.25, 0.3) is 0 Å². The van der Waals surface area contributed by atoms with Crippen molar-refractivity contribution < 1.29 is 19.6 Å². The molecule has 14 heavy (non-hydrogen) atoms. The fourth-order valence-electron chi connectivity index (χ4n) is 0.843. The summed E-state index contributed by atoms with van der Waals surface area (Å²) in [4.78, 5) is 20.6. The minimum absolute atomic E-state index is 0.112. The van der Waals surface area contributed by atoms with Crippen molar-refractivity contribution in [3.8, 4) is 0 Å². The van der Waals surface area contributed by atoms with Crippen LogP contribution in [-0.2, 0) is 19.6 Å². The second-order valence-electron chi connectivity index (χ2n) is 4.18. The average molecular weight is 204 g/mol. The van der Waals surface area contributed by atoms with Crippen LogP contribution in [0.15, 0.2) is 0 Å². The molecule has 0 aromatic heterocycles. The first kappa shape index (κ1) is 13.4. The molecule has 0 rings (SSSR count). The van der Waals surface area contributed by atoms with E-state index in [1.54, 1.807) is 20.8 Å². The molecule has 4 heteroatoms. The highest BCUT2D eigenvalue weighted by Gasteiger charge is 2.19. The van der Waals surface area contributed by atoms with E-state index in [9.17, 15) is 4.79 Å². The van der Waals surface area contributed by atoms with Gasteiger partial charge in [0.1, 0.15) is 0 Å². The van der Waals surface area contributed by atoms with Gasteiger partial charge in [-0.3, -0.25) is 4.89 Å². The van der Waals surface area contributed by atoms with Crippen LogP contribution in [0.5, 0.6) is 0 Å². The van der Waals surface area contributed by atoms with Crippen LogP contribution in [0, 0.1) is 5.92 Å². The van der Waals surface area contributed by atoms with Crippen molar-refractivity contribution in [3.63, 3.8) is 0 Å². The zero-order valence-electron chi connectivity index (χ0n) is 9.62. The number of carbonyl (C=O) groups is 1. The highest BCUT2D eigenvalue weighted by Crippen LogP contribution is 2.12. The Balaban J connectivity index is 3.74. The number of carbonyl (C=O) groups excluding carboxylic acids is 1. The first-order chi connectivity index (χ1) is 6.40. The van der Waals surface area contributed by atoms with Crippen LogP contribution in [-0.4, -0.2) is 11.6 Å². The summed E-state index contributed by atoms with van der Waals surface area (Å²) >= 11 is 0. The molecule has 0 aliphatic rings. The Morgan fingerprint density at radius 1 is 1.21 bits per heavy atom. The van der Waals surface area contributed by atoms with Crippen molar-refractivity contribution in [2.45, 2.75) is 53.1 Å². The van der Waals surface area contributed by atoms with Gasteiger partial charge >= 0.3 is 5.97 Å². The summed E-state index contributed by atoms with van der Waals surface area (Å²) in [5.41, 5.74) is -0.478. The molecule has 0 aromatic carbocycles. The summed E-state index contributed by atoms with van der Waals surface area (Å²) in [5.74, 6) is -0.488. The van der Waals surface area contributed by atoms with Crippen molar-refractivity contribution in [3.05, 3.63) is 0 Å². The van der Waals surface area contributed by atoms with Gasteiger partial charge in [-0.25, -0.2) is 4.79 Å². The standard InChI is InChI=1S/C10H20O4/c1-6-8(7-2)9(11)12-14-13-10(3,4)5/h8H,6-7H2,1-5H3. The van der Waals surface area contributed by atoms with Gasteiger partial charge in [0.05, 0.1) is 11.5 Å². The van der Waals surface area contributed by atoms with Crippen molar-refractivity contribution in [2.75, 3.05) is 0 Å². The lowest BCUT2D eigenvalue weighted by Crippen LogP contribution is -2.23. The van der Waals surface area contributed by atoms with E-state index in [1.807, 2.05) is 13.8 Å². The summed E-state index contributed by atoms with van der Waals surface area (Å²) in [6.07, 6.45) is 1.49. The second-order valence-corrected chi connectivity index (χ2v) is 4.18. The Kier molecular flexibility index (Phi) is 5.72. The summed E-state index contributed by atoms with van der Waals surface area (Å²) in [6, 6.07) is 0. The van der Waals surface area contributed by atoms with Gasteiger partial charge in [0.15, 0.2) is 0 Å². The van der Waals surface area contributed by atoms with Crippen LogP contribution >= 0.6 is 0 Å². The SMILES string of the molecule is CCC(CC)C(=O)OOOC(C)(C)C. The quantitative estimate of drug-likeness (QED) is 0.510. The van der Waals surface area contributed by atoms with Gasteiger partial charge in [0.25, 0.3) is 0 Å². The summed E-state index contributed by atoms with van der Waals surface area (Å²) in [7, 11) is 0. The fourth-order valence-corrected chi connectivity index (χ4v) is 0.843. The molecule has 0 amide bonds. The van der Waals surface area contributed by atoms with Gasteiger partial charge in [-0.2, -0.15) is 4.89 Å². The van der Waals surface area contributed by atoms with Crippen molar-refractivity contribution in [2.24, 2.45) is 5.92 Å². The minimum atomic E-state index is -0.478.